The highest BCUT2D eigenvalue weighted by molar-refractivity contribution is 6.30. The van der Waals surface area contributed by atoms with Gasteiger partial charge in [-0.15, -0.1) is 0 Å². The predicted octanol–water partition coefficient (Wildman–Crippen LogP) is 4.14. The van der Waals surface area contributed by atoms with Gasteiger partial charge >= 0.3 is 0 Å². The van der Waals surface area contributed by atoms with Gasteiger partial charge in [-0.3, -0.25) is 0 Å². The summed E-state index contributed by atoms with van der Waals surface area (Å²) in [7, 11) is 0. The smallest absolute Gasteiger partial charge is 0.117 e. The number of hydrogen-bond acceptors (Lipinski definition) is 3. The zero-order valence-electron chi connectivity index (χ0n) is 13.9. The highest BCUT2D eigenvalue weighted by atomic mass is 35.5. The summed E-state index contributed by atoms with van der Waals surface area (Å²) in [5.41, 5.74) is 4.04. The highest BCUT2D eigenvalue weighted by Gasteiger charge is 2.13. The van der Waals surface area contributed by atoms with Crippen molar-refractivity contribution in [1.29, 1.82) is 0 Å². The van der Waals surface area contributed by atoms with Crippen molar-refractivity contribution in [2.45, 2.75) is 33.0 Å². The molecule has 1 heterocycles. The molecular formula is C19H21ClN4. The molecule has 1 aromatic heterocycles. The van der Waals surface area contributed by atoms with Crippen molar-refractivity contribution >= 4 is 11.6 Å². The Morgan fingerprint density at radius 3 is 2.54 bits per heavy atom. The molecule has 4 nitrogen and oxygen atoms in total. The average Bonchev–Trinajstić information content (AvgIpc) is 2.96. The lowest BCUT2D eigenvalue weighted by Gasteiger charge is -2.06. The molecule has 0 saturated heterocycles. The molecule has 1 N–H and O–H groups in total. The summed E-state index contributed by atoms with van der Waals surface area (Å²) in [5, 5.41) is 13.5. The van der Waals surface area contributed by atoms with Crippen LogP contribution in [-0.2, 0) is 13.1 Å². The number of halogens is 1. The van der Waals surface area contributed by atoms with Crippen molar-refractivity contribution in [2.24, 2.45) is 0 Å². The number of rotatable bonds is 6. The summed E-state index contributed by atoms with van der Waals surface area (Å²) in [6.07, 6.45) is 0. The first-order chi connectivity index (χ1) is 11.6. The van der Waals surface area contributed by atoms with E-state index in [1.165, 1.54) is 0 Å². The lowest BCUT2D eigenvalue weighted by Crippen LogP contribution is -2.22. The summed E-state index contributed by atoms with van der Waals surface area (Å²) in [4.78, 5) is 1.74. The Morgan fingerprint density at radius 1 is 1.04 bits per heavy atom. The van der Waals surface area contributed by atoms with E-state index in [0.29, 0.717) is 19.1 Å². The van der Waals surface area contributed by atoms with Gasteiger partial charge in [0.2, 0.25) is 0 Å². The fraction of sp³-hybridized carbons (Fsp3) is 0.263. The molecule has 0 radical (unpaired) electrons. The van der Waals surface area contributed by atoms with E-state index in [0.717, 1.165) is 27.5 Å². The molecule has 124 valence electrons. The minimum Gasteiger partial charge on any atom is -0.309 e. The molecule has 24 heavy (non-hydrogen) atoms. The summed E-state index contributed by atoms with van der Waals surface area (Å²) in [6.45, 7) is 5.54. The van der Waals surface area contributed by atoms with Crippen molar-refractivity contribution < 1.29 is 0 Å². The van der Waals surface area contributed by atoms with Crippen LogP contribution in [-0.4, -0.2) is 21.0 Å². The number of nitrogens with zero attached hydrogens (tertiary/aromatic N) is 3. The van der Waals surface area contributed by atoms with Crippen LogP contribution in [0.25, 0.3) is 11.3 Å². The average molecular weight is 341 g/mol. The van der Waals surface area contributed by atoms with Crippen LogP contribution in [0.1, 0.15) is 25.1 Å². The molecule has 3 rings (SSSR count). The van der Waals surface area contributed by atoms with Crippen molar-refractivity contribution in [1.82, 2.24) is 20.3 Å². The zero-order valence-corrected chi connectivity index (χ0v) is 14.7. The molecular weight excluding hydrogens is 320 g/mol. The van der Waals surface area contributed by atoms with Gasteiger partial charge in [0, 0.05) is 23.2 Å². The maximum atomic E-state index is 6.07. The van der Waals surface area contributed by atoms with Gasteiger partial charge in [0.1, 0.15) is 11.4 Å². The lowest BCUT2D eigenvalue weighted by atomic mass is 10.1. The van der Waals surface area contributed by atoms with Crippen LogP contribution in [0.2, 0.25) is 5.02 Å². The standard InChI is InChI=1S/C19H21ClN4/c1-14(2)21-12-18-19(16-8-4-3-5-9-16)23-24(22-18)13-15-7-6-10-17(20)11-15/h3-11,14,21H,12-13H2,1-2H3. The van der Waals surface area contributed by atoms with E-state index < -0.39 is 0 Å². The van der Waals surface area contributed by atoms with Gasteiger partial charge in [-0.2, -0.15) is 15.0 Å². The number of benzene rings is 2. The van der Waals surface area contributed by atoms with Crippen molar-refractivity contribution in [2.75, 3.05) is 0 Å². The first-order valence-electron chi connectivity index (χ1n) is 8.09. The second kappa shape index (κ2) is 7.60. The molecule has 0 saturated carbocycles. The van der Waals surface area contributed by atoms with E-state index in [2.05, 4.69) is 36.4 Å². The molecule has 0 amide bonds. The molecule has 2 aromatic carbocycles. The monoisotopic (exact) mass is 340 g/mol. The summed E-state index contributed by atoms with van der Waals surface area (Å²) in [5.74, 6) is 0. The molecule has 5 heteroatoms. The summed E-state index contributed by atoms with van der Waals surface area (Å²) >= 11 is 6.07. The van der Waals surface area contributed by atoms with Crippen molar-refractivity contribution in [3.8, 4) is 11.3 Å². The highest BCUT2D eigenvalue weighted by Crippen LogP contribution is 2.20. The van der Waals surface area contributed by atoms with Crippen LogP contribution >= 0.6 is 11.6 Å². The van der Waals surface area contributed by atoms with Gasteiger partial charge in [-0.1, -0.05) is 67.9 Å². The Hall–Kier alpha value is -2.17. The maximum Gasteiger partial charge on any atom is 0.117 e. The fourth-order valence-corrected chi connectivity index (χ4v) is 2.70. The largest absolute Gasteiger partial charge is 0.309 e. The lowest BCUT2D eigenvalue weighted by molar-refractivity contribution is 0.554. The molecule has 0 fully saturated rings. The molecule has 3 aromatic rings. The van der Waals surface area contributed by atoms with Gasteiger partial charge in [0.25, 0.3) is 0 Å². The van der Waals surface area contributed by atoms with Gasteiger partial charge in [-0.25, -0.2) is 0 Å². The summed E-state index contributed by atoms with van der Waals surface area (Å²) in [6, 6.07) is 18.4. The Morgan fingerprint density at radius 2 is 1.83 bits per heavy atom. The molecule has 0 aliphatic heterocycles. The predicted molar refractivity (Wildman–Crippen MR) is 98.0 cm³/mol. The second-order valence-electron chi connectivity index (χ2n) is 6.06. The molecule has 0 spiro atoms. The van der Waals surface area contributed by atoms with E-state index in [9.17, 15) is 0 Å². The third kappa shape index (κ3) is 4.22. The third-order valence-electron chi connectivity index (χ3n) is 3.66. The van der Waals surface area contributed by atoms with Gasteiger partial charge in [0.05, 0.1) is 6.54 Å². The Kier molecular flexibility index (Phi) is 5.28. The van der Waals surface area contributed by atoms with Gasteiger partial charge in [0.15, 0.2) is 0 Å². The van der Waals surface area contributed by atoms with E-state index in [-0.39, 0.29) is 0 Å². The Balaban J connectivity index is 1.90. The van der Waals surface area contributed by atoms with E-state index in [1.54, 1.807) is 4.80 Å². The van der Waals surface area contributed by atoms with Crippen molar-refractivity contribution in [3.05, 3.63) is 70.9 Å². The molecule has 0 atom stereocenters. The number of aromatic nitrogens is 3. The van der Waals surface area contributed by atoms with Crippen LogP contribution in [0.4, 0.5) is 0 Å². The number of hydrogen-bond donors (Lipinski definition) is 1. The van der Waals surface area contributed by atoms with Crippen molar-refractivity contribution in [3.63, 3.8) is 0 Å². The first-order valence-corrected chi connectivity index (χ1v) is 8.47. The van der Waals surface area contributed by atoms with Gasteiger partial charge < -0.3 is 5.32 Å². The molecule has 0 unspecified atom stereocenters. The third-order valence-corrected chi connectivity index (χ3v) is 3.90. The van der Waals surface area contributed by atoms with Crippen LogP contribution in [0, 0.1) is 0 Å². The summed E-state index contributed by atoms with van der Waals surface area (Å²) < 4.78 is 0. The Labute approximate surface area is 147 Å². The fourth-order valence-electron chi connectivity index (χ4n) is 2.49. The topological polar surface area (TPSA) is 42.7 Å². The quantitative estimate of drug-likeness (QED) is 0.733. The maximum absolute atomic E-state index is 6.07. The van der Waals surface area contributed by atoms with E-state index in [4.69, 9.17) is 16.7 Å². The minimum absolute atomic E-state index is 0.395. The minimum atomic E-state index is 0.395. The van der Waals surface area contributed by atoms with Crippen LogP contribution < -0.4 is 5.32 Å². The first kappa shape index (κ1) is 16.7. The molecule has 0 aliphatic rings. The second-order valence-corrected chi connectivity index (χ2v) is 6.49. The molecule has 0 aliphatic carbocycles. The SMILES string of the molecule is CC(C)NCc1nn(Cc2cccc(Cl)c2)nc1-c1ccccc1. The van der Waals surface area contributed by atoms with Crippen LogP contribution in [0.3, 0.4) is 0 Å². The van der Waals surface area contributed by atoms with E-state index in [1.807, 2.05) is 42.5 Å². The van der Waals surface area contributed by atoms with Crippen LogP contribution in [0.15, 0.2) is 54.6 Å². The Bertz CT molecular complexity index is 796. The zero-order chi connectivity index (χ0) is 16.9. The van der Waals surface area contributed by atoms with Crippen LogP contribution in [0.5, 0.6) is 0 Å². The van der Waals surface area contributed by atoms with E-state index >= 15 is 0 Å². The molecule has 0 bridgehead atoms. The normalized spacial score (nSPS) is 11.2. The number of nitrogens with one attached hydrogen (secondary N) is 1. The van der Waals surface area contributed by atoms with Gasteiger partial charge in [-0.05, 0) is 17.7 Å².